The zero-order valence-corrected chi connectivity index (χ0v) is 9.38. The molecular formula is C11H22N2O. The van der Waals surface area contributed by atoms with Gasteiger partial charge in [0.15, 0.2) is 0 Å². The quantitative estimate of drug-likeness (QED) is 0.737. The van der Waals surface area contributed by atoms with E-state index in [1.165, 1.54) is 12.8 Å². The van der Waals surface area contributed by atoms with Gasteiger partial charge in [-0.2, -0.15) is 0 Å². The summed E-state index contributed by atoms with van der Waals surface area (Å²) in [5.41, 5.74) is 0. The van der Waals surface area contributed by atoms with Crippen molar-refractivity contribution >= 4 is 5.91 Å². The van der Waals surface area contributed by atoms with E-state index in [0.717, 1.165) is 26.1 Å². The maximum absolute atomic E-state index is 11.6. The van der Waals surface area contributed by atoms with E-state index in [-0.39, 0.29) is 5.91 Å². The van der Waals surface area contributed by atoms with E-state index < -0.39 is 0 Å². The van der Waals surface area contributed by atoms with Crippen molar-refractivity contribution in [3.63, 3.8) is 0 Å². The third-order valence-corrected chi connectivity index (χ3v) is 3.04. The Morgan fingerprint density at radius 3 is 2.79 bits per heavy atom. The van der Waals surface area contributed by atoms with E-state index in [4.69, 9.17) is 0 Å². The SMILES string of the molecule is CCC(CC)CN1CCCNCC1=O. The second kappa shape index (κ2) is 6.02. The van der Waals surface area contributed by atoms with Crippen molar-refractivity contribution in [2.75, 3.05) is 26.2 Å². The van der Waals surface area contributed by atoms with Gasteiger partial charge in [0.2, 0.25) is 5.91 Å². The number of hydrogen-bond donors (Lipinski definition) is 1. The summed E-state index contributed by atoms with van der Waals surface area (Å²) in [7, 11) is 0. The standard InChI is InChI=1S/C11H22N2O/c1-3-10(4-2)9-13-7-5-6-12-8-11(13)14/h10,12H,3-9H2,1-2H3. The van der Waals surface area contributed by atoms with Gasteiger partial charge in [-0.15, -0.1) is 0 Å². The van der Waals surface area contributed by atoms with Crippen LogP contribution in [0.15, 0.2) is 0 Å². The summed E-state index contributed by atoms with van der Waals surface area (Å²) in [6, 6.07) is 0. The van der Waals surface area contributed by atoms with Crippen molar-refractivity contribution in [1.82, 2.24) is 10.2 Å². The van der Waals surface area contributed by atoms with Crippen molar-refractivity contribution in [3.05, 3.63) is 0 Å². The van der Waals surface area contributed by atoms with Crippen LogP contribution in [0, 0.1) is 5.92 Å². The third-order valence-electron chi connectivity index (χ3n) is 3.04. The maximum atomic E-state index is 11.6. The van der Waals surface area contributed by atoms with Crippen LogP contribution >= 0.6 is 0 Å². The van der Waals surface area contributed by atoms with Crippen LogP contribution in [0.2, 0.25) is 0 Å². The molecule has 1 rings (SSSR count). The number of hydrogen-bond acceptors (Lipinski definition) is 2. The largest absolute Gasteiger partial charge is 0.341 e. The Morgan fingerprint density at radius 1 is 1.43 bits per heavy atom. The Kier molecular flexibility index (Phi) is 4.94. The lowest BCUT2D eigenvalue weighted by atomic mass is 10.0. The molecule has 0 aliphatic carbocycles. The van der Waals surface area contributed by atoms with Gasteiger partial charge in [0.05, 0.1) is 6.54 Å². The zero-order chi connectivity index (χ0) is 10.4. The summed E-state index contributed by atoms with van der Waals surface area (Å²) in [5, 5.41) is 3.15. The predicted molar refractivity (Wildman–Crippen MR) is 58.1 cm³/mol. The molecule has 3 nitrogen and oxygen atoms in total. The molecule has 1 amide bonds. The Hall–Kier alpha value is -0.570. The summed E-state index contributed by atoms with van der Waals surface area (Å²) in [4.78, 5) is 13.7. The highest BCUT2D eigenvalue weighted by Crippen LogP contribution is 2.11. The summed E-state index contributed by atoms with van der Waals surface area (Å²) < 4.78 is 0. The monoisotopic (exact) mass is 198 g/mol. The molecule has 0 atom stereocenters. The minimum absolute atomic E-state index is 0.273. The third kappa shape index (κ3) is 3.29. The first-order chi connectivity index (χ1) is 6.77. The first-order valence-electron chi connectivity index (χ1n) is 5.76. The van der Waals surface area contributed by atoms with Crippen LogP contribution in [-0.4, -0.2) is 37.0 Å². The van der Waals surface area contributed by atoms with Gasteiger partial charge in [0.1, 0.15) is 0 Å². The molecule has 0 aromatic rings. The van der Waals surface area contributed by atoms with Crippen LogP contribution in [0.1, 0.15) is 33.1 Å². The van der Waals surface area contributed by atoms with Gasteiger partial charge in [-0.1, -0.05) is 26.7 Å². The lowest BCUT2D eigenvalue weighted by molar-refractivity contribution is -0.130. The summed E-state index contributed by atoms with van der Waals surface area (Å²) in [5.74, 6) is 0.950. The van der Waals surface area contributed by atoms with Crippen molar-refractivity contribution in [2.24, 2.45) is 5.92 Å². The van der Waals surface area contributed by atoms with E-state index >= 15 is 0 Å². The fourth-order valence-electron chi connectivity index (χ4n) is 1.88. The molecule has 0 aromatic carbocycles. The van der Waals surface area contributed by atoms with Crippen molar-refractivity contribution in [1.29, 1.82) is 0 Å². The Bertz CT molecular complexity index is 178. The molecule has 1 N–H and O–H groups in total. The molecule has 3 heteroatoms. The fourth-order valence-corrected chi connectivity index (χ4v) is 1.88. The maximum Gasteiger partial charge on any atom is 0.236 e. The highest BCUT2D eigenvalue weighted by Gasteiger charge is 2.18. The Labute approximate surface area is 86.9 Å². The molecule has 0 radical (unpaired) electrons. The smallest absolute Gasteiger partial charge is 0.236 e. The first kappa shape index (κ1) is 11.5. The second-order valence-electron chi connectivity index (χ2n) is 4.05. The van der Waals surface area contributed by atoms with Crippen LogP contribution < -0.4 is 5.32 Å². The zero-order valence-electron chi connectivity index (χ0n) is 9.38. The normalized spacial score (nSPS) is 18.8. The first-order valence-corrected chi connectivity index (χ1v) is 5.76. The highest BCUT2D eigenvalue weighted by atomic mass is 16.2. The Balaban J connectivity index is 2.43. The second-order valence-corrected chi connectivity index (χ2v) is 4.05. The molecule has 1 saturated heterocycles. The van der Waals surface area contributed by atoms with E-state index in [2.05, 4.69) is 19.2 Å². The molecule has 0 bridgehead atoms. The average molecular weight is 198 g/mol. The molecule has 0 aromatic heterocycles. The van der Waals surface area contributed by atoms with Crippen molar-refractivity contribution in [2.45, 2.75) is 33.1 Å². The molecule has 0 unspecified atom stereocenters. The molecule has 0 spiro atoms. The van der Waals surface area contributed by atoms with Crippen LogP contribution in [0.5, 0.6) is 0 Å². The topological polar surface area (TPSA) is 32.3 Å². The average Bonchev–Trinajstić information content (AvgIpc) is 2.40. The van der Waals surface area contributed by atoms with Gasteiger partial charge < -0.3 is 10.2 Å². The minimum Gasteiger partial charge on any atom is -0.341 e. The number of carbonyl (C=O) groups excluding carboxylic acids is 1. The molecule has 1 heterocycles. The van der Waals surface area contributed by atoms with Crippen molar-refractivity contribution < 1.29 is 4.79 Å². The van der Waals surface area contributed by atoms with Gasteiger partial charge in [-0.25, -0.2) is 0 Å². The number of rotatable bonds is 4. The van der Waals surface area contributed by atoms with Crippen LogP contribution in [-0.2, 0) is 4.79 Å². The number of amides is 1. The summed E-state index contributed by atoms with van der Waals surface area (Å²) in [6.45, 7) is 7.80. The molecule has 1 aliphatic heterocycles. The van der Waals surface area contributed by atoms with Gasteiger partial charge in [-0.3, -0.25) is 4.79 Å². The van der Waals surface area contributed by atoms with E-state index in [1.54, 1.807) is 0 Å². The van der Waals surface area contributed by atoms with Gasteiger partial charge in [0.25, 0.3) is 0 Å². The summed E-state index contributed by atoms with van der Waals surface area (Å²) >= 11 is 0. The van der Waals surface area contributed by atoms with Gasteiger partial charge in [0, 0.05) is 13.1 Å². The van der Waals surface area contributed by atoms with E-state index in [1.807, 2.05) is 4.90 Å². The van der Waals surface area contributed by atoms with Gasteiger partial charge >= 0.3 is 0 Å². The Morgan fingerprint density at radius 2 is 2.14 bits per heavy atom. The van der Waals surface area contributed by atoms with Crippen LogP contribution in [0.3, 0.4) is 0 Å². The van der Waals surface area contributed by atoms with Crippen molar-refractivity contribution in [3.8, 4) is 0 Å². The lowest BCUT2D eigenvalue weighted by Gasteiger charge is -2.24. The lowest BCUT2D eigenvalue weighted by Crippen LogP contribution is -2.38. The number of carbonyl (C=O) groups is 1. The summed E-state index contributed by atoms with van der Waals surface area (Å²) in [6.07, 6.45) is 3.44. The van der Waals surface area contributed by atoms with Gasteiger partial charge in [-0.05, 0) is 18.9 Å². The van der Waals surface area contributed by atoms with E-state index in [9.17, 15) is 4.79 Å². The molecule has 1 fully saturated rings. The molecular weight excluding hydrogens is 176 g/mol. The van der Waals surface area contributed by atoms with Crippen LogP contribution in [0.4, 0.5) is 0 Å². The fraction of sp³-hybridized carbons (Fsp3) is 0.909. The molecule has 14 heavy (non-hydrogen) atoms. The number of nitrogens with zero attached hydrogens (tertiary/aromatic N) is 1. The molecule has 1 aliphatic rings. The predicted octanol–water partition coefficient (Wildman–Crippen LogP) is 1.24. The molecule has 0 saturated carbocycles. The number of nitrogens with one attached hydrogen (secondary N) is 1. The molecule has 82 valence electrons. The van der Waals surface area contributed by atoms with E-state index in [0.29, 0.717) is 12.5 Å². The minimum atomic E-state index is 0.273. The highest BCUT2D eigenvalue weighted by molar-refractivity contribution is 5.78. The van der Waals surface area contributed by atoms with Crippen LogP contribution in [0.25, 0.3) is 0 Å².